The second-order valence-corrected chi connectivity index (χ2v) is 5.91. The van der Waals surface area contributed by atoms with Gasteiger partial charge in [0.25, 0.3) is 0 Å². The Balaban J connectivity index is 2.52. The van der Waals surface area contributed by atoms with E-state index in [0.717, 1.165) is 0 Å². The Morgan fingerprint density at radius 3 is 2.05 bits per heavy atom. The third-order valence-corrected chi connectivity index (χ3v) is 4.29. The minimum Gasteiger partial charge on any atom is -0.714 e. The van der Waals surface area contributed by atoms with Crippen LogP contribution in [-0.4, -0.2) is 37.8 Å². The molecule has 1 radical (unpaired) electrons. The van der Waals surface area contributed by atoms with Gasteiger partial charge in [0.15, 0.2) is 5.54 Å². The zero-order valence-electron chi connectivity index (χ0n) is 11.9. The highest BCUT2D eigenvalue weighted by molar-refractivity contribution is 5.97. The number of rotatable bonds is 2. The molecular formula is C14H17N2O4. The highest BCUT2D eigenvalue weighted by Gasteiger charge is 2.59. The van der Waals surface area contributed by atoms with E-state index in [2.05, 4.69) is 0 Å². The van der Waals surface area contributed by atoms with Crippen LogP contribution in [0.5, 0.6) is 0 Å². The van der Waals surface area contributed by atoms with Crippen molar-refractivity contribution < 1.29 is 19.8 Å². The summed E-state index contributed by atoms with van der Waals surface area (Å²) in [5.74, 6) is -1.04. The van der Waals surface area contributed by atoms with Crippen LogP contribution in [0.2, 0.25) is 0 Å². The number of amidine groups is 1. The first kappa shape index (κ1) is 14.3. The van der Waals surface area contributed by atoms with Gasteiger partial charge in [-0.25, -0.2) is 4.79 Å². The van der Waals surface area contributed by atoms with Gasteiger partial charge in [-0.2, -0.15) is 0 Å². The predicted molar refractivity (Wildman–Crippen MR) is 71.8 cm³/mol. The normalized spacial score (nSPS) is 20.4. The summed E-state index contributed by atoms with van der Waals surface area (Å²) < 4.78 is 0.704. The second-order valence-electron chi connectivity index (χ2n) is 5.91. The highest BCUT2D eigenvalue weighted by atomic mass is 16.5. The van der Waals surface area contributed by atoms with Crippen LogP contribution >= 0.6 is 0 Å². The van der Waals surface area contributed by atoms with Crippen LogP contribution in [0.15, 0.2) is 24.3 Å². The molecule has 0 atom stereocenters. The molecule has 6 nitrogen and oxygen atoms in total. The molecule has 20 heavy (non-hydrogen) atoms. The average Bonchev–Trinajstić information content (AvgIpc) is 2.49. The molecule has 1 aromatic carbocycles. The fraction of sp³-hybridized carbons (Fsp3) is 0.429. The highest BCUT2D eigenvalue weighted by Crippen LogP contribution is 2.37. The lowest BCUT2D eigenvalue weighted by Gasteiger charge is -2.32. The minimum atomic E-state index is -1.05. The van der Waals surface area contributed by atoms with Crippen LogP contribution in [0.1, 0.15) is 43.6 Å². The number of carbonyl (C=O) groups is 1. The topological polar surface area (TPSA) is 86.5 Å². The fourth-order valence-electron chi connectivity index (χ4n) is 2.11. The van der Waals surface area contributed by atoms with Gasteiger partial charge in [-0.1, -0.05) is 5.06 Å². The van der Waals surface area contributed by atoms with Gasteiger partial charge in [0, 0.05) is 5.21 Å². The van der Waals surface area contributed by atoms with E-state index < -0.39 is 17.0 Å². The van der Waals surface area contributed by atoms with Crippen LogP contribution in [0, 0.1) is 5.21 Å². The van der Waals surface area contributed by atoms with E-state index in [0.29, 0.717) is 15.4 Å². The first-order valence-electron chi connectivity index (χ1n) is 6.26. The summed E-state index contributed by atoms with van der Waals surface area (Å²) in [6.45, 7) is 6.85. The molecule has 0 aliphatic carbocycles. The molecule has 1 aliphatic rings. The zero-order chi connectivity index (χ0) is 15.3. The number of hydroxylamine groups is 3. The van der Waals surface area contributed by atoms with Crippen LogP contribution in [0.25, 0.3) is 0 Å². The lowest BCUT2D eigenvalue weighted by Crippen LogP contribution is -2.53. The zero-order valence-corrected chi connectivity index (χ0v) is 11.9. The third-order valence-electron chi connectivity index (χ3n) is 4.29. The van der Waals surface area contributed by atoms with Crippen molar-refractivity contribution in [2.75, 3.05) is 0 Å². The van der Waals surface area contributed by atoms with E-state index in [1.54, 1.807) is 27.7 Å². The summed E-state index contributed by atoms with van der Waals surface area (Å²) in [5, 5.41) is 34.4. The van der Waals surface area contributed by atoms with Gasteiger partial charge >= 0.3 is 11.8 Å². The molecule has 1 heterocycles. The number of carboxylic acid groups (broad SMARTS) is 1. The molecule has 1 N–H and O–H groups in total. The number of benzene rings is 1. The van der Waals surface area contributed by atoms with Crippen LogP contribution in [-0.2, 0) is 5.21 Å². The second kappa shape index (κ2) is 4.21. The largest absolute Gasteiger partial charge is 0.714 e. The van der Waals surface area contributed by atoms with Crippen molar-refractivity contribution in [1.82, 2.24) is 5.06 Å². The van der Waals surface area contributed by atoms with E-state index in [-0.39, 0.29) is 11.4 Å². The molecule has 1 aromatic rings. The monoisotopic (exact) mass is 277 g/mol. The van der Waals surface area contributed by atoms with Gasteiger partial charge in [0.05, 0.1) is 11.1 Å². The maximum Gasteiger partial charge on any atom is 0.335 e. The first-order valence-corrected chi connectivity index (χ1v) is 6.26. The van der Waals surface area contributed by atoms with Crippen molar-refractivity contribution in [2.24, 2.45) is 0 Å². The van der Waals surface area contributed by atoms with Crippen molar-refractivity contribution in [3.8, 4) is 0 Å². The van der Waals surface area contributed by atoms with Gasteiger partial charge in [0.1, 0.15) is 5.54 Å². The number of carboxylic acids is 1. The molecule has 0 bridgehead atoms. The molecule has 0 amide bonds. The summed E-state index contributed by atoms with van der Waals surface area (Å²) in [7, 11) is 0. The molecule has 107 valence electrons. The lowest BCUT2D eigenvalue weighted by atomic mass is 9.84. The quantitative estimate of drug-likeness (QED) is 0.660. The van der Waals surface area contributed by atoms with Crippen molar-refractivity contribution in [3.05, 3.63) is 40.6 Å². The van der Waals surface area contributed by atoms with Crippen LogP contribution < -0.4 is 0 Å². The molecule has 0 saturated carbocycles. The van der Waals surface area contributed by atoms with Crippen LogP contribution in [0.4, 0.5) is 0 Å². The standard InChI is InChI=1S/C14H17N2O4/c1-13(2)14(3,4)16(20)11(15(13)19)9-5-7-10(8-6-9)12(17)18/h5-8H,1-4H3,(H,17,18). The number of hydrogen-bond donors (Lipinski definition) is 1. The summed E-state index contributed by atoms with van der Waals surface area (Å²) in [6, 6.07) is 5.72. The van der Waals surface area contributed by atoms with E-state index in [9.17, 15) is 15.2 Å². The van der Waals surface area contributed by atoms with Crippen molar-refractivity contribution in [3.63, 3.8) is 0 Å². The summed E-state index contributed by atoms with van der Waals surface area (Å²) >= 11 is 0. The third kappa shape index (κ3) is 1.76. The Morgan fingerprint density at radius 1 is 1.20 bits per heavy atom. The maximum absolute atomic E-state index is 12.4. The van der Waals surface area contributed by atoms with Gasteiger partial charge < -0.3 is 10.3 Å². The van der Waals surface area contributed by atoms with Crippen LogP contribution in [0.3, 0.4) is 0 Å². The van der Waals surface area contributed by atoms with Crippen molar-refractivity contribution >= 4 is 11.8 Å². The van der Waals surface area contributed by atoms with E-state index >= 15 is 0 Å². The fourth-order valence-corrected chi connectivity index (χ4v) is 2.11. The van der Waals surface area contributed by atoms with Gasteiger partial charge in [-0.15, -0.1) is 0 Å². The summed E-state index contributed by atoms with van der Waals surface area (Å²) in [6.07, 6.45) is 0. The molecule has 0 fully saturated rings. The lowest BCUT2D eigenvalue weighted by molar-refractivity contribution is -0.539. The van der Waals surface area contributed by atoms with E-state index in [4.69, 9.17) is 5.11 Å². The van der Waals surface area contributed by atoms with Crippen molar-refractivity contribution in [2.45, 2.75) is 38.8 Å². The maximum atomic E-state index is 12.4. The molecule has 0 saturated heterocycles. The van der Waals surface area contributed by atoms with Gasteiger partial charge in [-0.3, -0.25) is 4.74 Å². The summed E-state index contributed by atoms with van der Waals surface area (Å²) in [4.78, 5) is 10.8. The number of aromatic carboxylic acids is 1. The Bertz CT molecular complexity index is 588. The van der Waals surface area contributed by atoms with E-state index in [1.165, 1.54) is 24.3 Å². The first-order chi connectivity index (χ1) is 9.10. The van der Waals surface area contributed by atoms with Gasteiger partial charge in [0.2, 0.25) is 0 Å². The van der Waals surface area contributed by atoms with Crippen molar-refractivity contribution in [1.29, 1.82) is 0 Å². The van der Waals surface area contributed by atoms with Gasteiger partial charge in [-0.05, 0) is 52.0 Å². The Kier molecular flexibility index (Phi) is 3.02. The SMILES string of the molecule is CC1(C)N([O])C(c2ccc(C(=O)O)cc2)=[N+]([O-])C1(C)C. The number of hydrogen-bond acceptors (Lipinski definition) is 3. The molecule has 2 rings (SSSR count). The molecular weight excluding hydrogens is 260 g/mol. The Hall–Kier alpha value is -2.08. The molecule has 0 spiro atoms. The Morgan fingerprint density at radius 2 is 1.70 bits per heavy atom. The molecule has 6 heteroatoms. The summed E-state index contributed by atoms with van der Waals surface area (Å²) in [5.41, 5.74) is -1.23. The Labute approximate surface area is 117 Å². The number of nitrogens with zero attached hydrogens (tertiary/aromatic N) is 2. The van der Waals surface area contributed by atoms with E-state index in [1.807, 2.05) is 0 Å². The smallest absolute Gasteiger partial charge is 0.335 e. The minimum absolute atomic E-state index is 0.0111. The molecule has 0 aromatic heterocycles. The predicted octanol–water partition coefficient (Wildman–Crippen LogP) is 1.86. The molecule has 1 aliphatic heterocycles. The average molecular weight is 277 g/mol. The molecule has 0 unspecified atom stereocenters.